The molecule has 7 nitrogen and oxygen atoms in total. The minimum Gasteiger partial charge on any atom is -0.481 e. The highest BCUT2D eigenvalue weighted by molar-refractivity contribution is 6.62. The Balaban J connectivity index is 1.27. The zero-order chi connectivity index (χ0) is 30.1. The minimum absolute atomic E-state index is 0.239. The molecule has 226 valence electrons. The average Bonchev–Trinajstić information content (AvgIpc) is 3.16. The van der Waals surface area contributed by atoms with E-state index in [1.165, 1.54) is 48.8 Å². The summed E-state index contributed by atoms with van der Waals surface area (Å²) in [4.78, 5) is 19.2. The van der Waals surface area contributed by atoms with Gasteiger partial charge in [-0.3, -0.25) is 9.69 Å². The number of oxime groups is 1. The predicted molar refractivity (Wildman–Crippen MR) is 167 cm³/mol. The standard InChI is InChI=1S/C34H47BN2O5/c1-7-25-18-27(14-15-28(25)19-37-20-29(21-37)32(38)39)23(2)36-40-22-24-13-16-30(26-11-9-8-10-12-26)31(17-24)35-41-33(3,4)34(5,6)42-35/h13-18,26,29H,7-12,19-22H2,1-6H3,(H,38,39)/b36-23+. The molecule has 2 aromatic carbocycles. The van der Waals surface area contributed by atoms with Crippen LogP contribution in [-0.4, -0.2) is 53.1 Å². The Hall–Kier alpha value is -2.68. The molecule has 2 heterocycles. The van der Waals surface area contributed by atoms with Crippen molar-refractivity contribution in [2.75, 3.05) is 13.1 Å². The lowest BCUT2D eigenvalue weighted by Crippen LogP contribution is -2.49. The first-order valence-corrected chi connectivity index (χ1v) is 15.7. The van der Waals surface area contributed by atoms with Crippen LogP contribution in [-0.2, 0) is 38.5 Å². The minimum atomic E-state index is -0.700. The van der Waals surface area contributed by atoms with Crippen LogP contribution < -0.4 is 5.46 Å². The van der Waals surface area contributed by atoms with Gasteiger partial charge >= 0.3 is 13.1 Å². The van der Waals surface area contributed by atoms with E-state index in [4.69, 9.17) is 19.3 Å². The smallest absolute Gasteiger partial charge is 0.481 e. The van der Waals surface area contributed by atoms with Crippen molar-refractivity contribution in [2.45, 2.75) is 110 Å². The van der Waals surface area contributed by atoms with Gasteiger partial charge in [-0.2, -0.15) is 0 Å². The number of likely N-dealkylation sites (tertiary alicyclic amines) is 1. The van der Waals surface area contributed by atoms with Gasteiger partial charge in [-0.25, -0.2) is 0 Å². The molecule has 0 amide bonds. The lowest BCUT2D eigenvalue weighted by molar-refractivity contribution is -0.147. The maximum atomic E-state index is 11.1. The monoisotopic (exact) mass is 574 g/mol. The summed E-state index contributed by atoms with van der Waals surface area (Å²) in [6.45, 7) is 14.9. The first-order valence-electron chi connectivity index (χ1n) is 15.7. The molecule has 1 N–H and O–H groups in total. The van der Waals surface area contributed by atoms with E-state index < -0.39 is 24.3 Å². The highest BCUT2D eigenvalue weighted by Crippen LogP contribution is 2.38. The fourth-order valence-corrected chi connectivity index (χ4v) is 6.36. The SMILES string of the molecule is CCc1cc(/C(C)=N/OCc2ccc(C3CCCCC3)c(B3OC(C)(C)C(C)(C)O3)c2)ccc1CN1CC(C(=O)O)C1. The van der Waals surface area contributed by atoms with Crippen molar-refractivity contribution in [3.63, 3.8) is 0 Å². The summed E-state index contributed by atoms with van der Waals surface area (Å²) in [7, 11) is -0.394. The molecule has 0 aromatic heterocycles. The summed E-state index contributed by atoms with van der Waals surface area (Å²) in [5, 5.41) is 13.6. The molecule has 2 saturated heterocycles. The van der Waals surface area contributed by atoms with Gasteiger partial charge in [0.05, 0.1) is 22.8 Å². The van der Waals surface area contributed by atoms with Crippen molar-refractivity contribution in [3.05, 3.63) is 64.2 Å². The average molecular weight is 575 g/mol. The second-order valence-electron chi connectivity index (χ2n) is 13.4. The van der Waals surface area contributed by atoms with Crippen LogP contribution in [0, 0.1) is 5.92 Å². The number of carboxylic acid groups (broad SMARTS) is 1. The van der Waals surface area contributed by atoms with Crippen LogP contribution in [0.2, 0.25) is 0 Å². The third kappa shape index (κ3) is 6.61. The van der Waals surface area contributed by atoms with E-state index in [-0.39, 0.29) is 5.92 Å². The summed E-state index contributed by atoms with van der Waals surface area (Å²) in [5.41, 5.74) is 7.11. The Bertz CT molecular complexity index is 1300. The second-order valence-corrected chi connectivity index (χ2v) is 13.4. The molecule has 3 fully saturated rings. The first-order chi connectivity index (χ1) is 20.0. The number of aryl methyl sites for hydroxylation is 1. The number of nitrogens with zero attached hydrogens (tertiary/aromatic N) is 2. The van der Waals surface area contributed by atoms with Gasteiger partial charge in [-0.05, 0) is 99.1 Å². The summed E-state index contributed by atoms with van der Waals surface area (Å²) >= 11 is 0. The van der Waals surface area contributed by atoms with Crippen LogP contribution in [0.4, 0.5) is 0 Å². The molecule has 0 unspecified atom stereocenters. The van der Waals surface area contributed by atoms with Gasteiger partial charge in [0.15, 0.2) is 0 Å². The van der Waals surface area contributed by atoms with Gasteiger partial charge in [-0.1, -0.05) is 61.7 Å². The molecule has 8 heteroatoms. The summed E-state index contributed by atoms with van der Waals surface area (Å²) in [6, 6.07) is 13.0. The van der Waals surface area contributed by atoms with Crippen LogP contribution in [0.3, 0.4) is 0 Å². The Kier molecular flexibility index (Phi) is 9.17. The summed E-state index contributed by atoms with van der Waals surface area (Å²) < 4.78 is 13.0. The van der Waals surface area contributed by atoms with E-state index >= 15 is 0 Å². The van der Waals surface area contributed by atoms with Crippen LogP contribution in [0.1, 0.15) is 107 Å². The van der Waals surface area contributed by atoms with Crippen LogP contribution in [0.25, 0.3) is 0 Å². The zero-order valence-electron chi connectivity index (χ0n) is 26.2. The molecule has 1 saturated carbocycles. The fourth-order valence-electron chi connectivity index (χ4n) is 6.36. The highest BCUT2D eigenvalue weighted by Gasteiger charge is 2.52. The third-order valence-electron chi connectivity index (χ3n) is 9.84. The largest absolute Gasteiger partial charge is 0.495 e. The quantitative estimate of drug-likeness (QED) is 0.211. The molecule has 1 aliphatic carbocycles. The Labute approximate surface area is 251 Å². The number of rotatable bonds is 10. The lowest BCUT2D eigenvalue weighted by atomic mass is 9.70. The summed E-state index contributed by atoms with van der Waals surface area (Å²) in [5.74, 6) is -0.399. The van der Waals surface area contributed by atoms with Gasteiger partial charge in [0.2, 0.25) is 0 Å². The second kappa shape index (κ2) is 12.5. The Morgan fingerprint density at radius 2 is 1.71 bits per heavy atom. The topological polar surface area (TPSA) is 80.6 Å². The van der Waals surface area contributed by atoms with Gasteiger partial charge in [-0.15, -0.1) is 0 Å². The van der Waals surface area contributed by atoms with Crippen LogP contribution in [0.5, 0.6) is 0 Å². The van der Waals surface area contributed by atoms with Crippen molar-refractivity contribution >= 4 is 24.3 Å². The molecular weight excluding hydrogens is 527 g/mol. The van der Waals surface area contributed by atoms with Crippen molar-refractivity contribution in [2.24, 2.45) is 11.1 Å². The van der Waals surface area contributed by atoms with Gasteiger partial charge in [0.25, 0.3) is 0 Å². The van der Waals surface area contributed by atoms with Gasteiger partial charge in [0, 0.05) is 19.6 Å². The zero-order valence-corrected chi connectivity index (χ0v) is 26.2. The molecule has 0 atom stereocenters. The van der Waals surface area contributed by atoms with E-state index in [9.17, 15) is 4.79 Å². The molecule has 0 bridgehead atoms. The molecular formula is C34H47BN2O5. The molecule has 0 spiro atoms. The fraction of sp³-hybridized carbons (Fsp3) is 0.588. The van der Waals surface area contributed by atoms with Crippen LogP contribution in [0.15, 0.2) is 41.6 Å². The number of aliphatic carboxylic acids is 1. The number of carboxylic acids is 1. The van der Waals surface area contributed by atoms with Crippen molar-refractivity contribution in [1.29, 1.82) is 0 Å². The predicted octanol–water partition coefficient (Wildman–Crippen LogP) is 6.05. The number of hydrogen-bond donors (Lipinski definition) is 1. The Morgan fingerprint density at radius 3 is 2.36 bits per heavy atom. The van der Waals surface area contributed by atoms with E-state index in [0.717, 1.165) is 35.3 Å². The normalized spacial score (nSPS) is 21.4. The molecule has 3 aliphatic rings. The summed E-state index contributed by atoms with van der Waals surface area (Å²) in [6.07, 6.45) is 7.20. The number of benzene rings is 2. The molecule has 2 aliphatic heterocycles. The van der Waals surface area contributed by atoms with Gasteiger partial charge < -0.3 is 19.3 Å². The first kappa shape index (κ1) is 30.8. The van der Waals surface area contributed by atoms with E-state index in [0.29, 0.717) is 25.6 Å². The number of carbonyl (C=O) groups is 1. The number of hydrogen-bond acceptors (Lipinski definition) is 6. The van der Waals surface area contributed by atoms with Crippen LogP contribution >= 0.6 is 0 Å². The van der Waals surface area contributed by atoms with Gasteiger partial charge in [0.1, 0.15) is 6.61 Å². The Morgan fingerprint density at radius 1 is 1.02 bits per heavy atom. The van der Waals surface area contributed by atoms with E-state index in [1.807, 2.05) is 6.92 Å². The molecule has 42 heavy (non-hydrogen) atoms. The van der Waals surface area contributed by atoms with Crippen molar-refractivity contribution in [1.82, 2.24) is 4.90 Å². The third-order valence-corrected chi connectivity index (χ3v) is 9.84. The molecule has 0 radical (unpaired) electrons. The lowest BCUT2D eigenvalue weighted by Gasteiger charge is -2.37. The molecule has 5 rings (SSSR count). The highest BCUT2D eigenvalue weighted by atomic mass is 16.7. The van der Waals surface area contributed by atoms with Crippen molar-refractivity contribution < 1.29 is 24.0 Å². The van der Waals surface area contributed by atoms with E-state index in [2.05, 4.69) is 81.1 Å². The molecule has 2 aromatic rings. The van der Waals surface area contributed by atoms with E-state index in [1.54, 1.807) is 0 Å². The maximum Gasteiger partial charge on any atom is 0.495 e. The van der Waals surface area contributed by atoms with Crippen molar-refractivity contribution in [3.8, 4) is 0 Å². The maximum absolute atomic E-state index is 11.1.